The molecule has 1 heterocycles. The Balaban J connectivity index is 1.84. The summed E-state index contributed by atoms with van der Waals surface area (Å²) in [5, 5.41) is 3.05. The molecular formula is C18H27N3O2. The fourth-order valence-electron chi connectivity index (χ4n) is 2.67. The van der Waals surface area contributed by atoms with Crippen molar-refractivity contribution in [2.75, 3.05) is 13.1 Å². The van der Waals surface area contributed by atoms with E-state index in [-0.39, 0.29) is 23.3 Å². The van der Waals surface area contributed by atoms with Gasteiger partial charge >= 0.3 is 0 Å². The zero-order valence-corrected chi connectivity index (χ0v) is 14.2. The number of nitrogens with zero attached hydrogens (tertiary/aromatic N) is 1. The molecule has 1 fully saturated rings. The van der Waals surface area contributed by atoms with Crippen molar-refractivity contribution in [3.63, 3.8) is 0 Å². The molecule has 2 rings (SSSR count). The molecule has 0 saturated carbocycles. The molecule has 5 heteroatoms. The molecule has 0 aromatic heterocycles. The lowest BCUT2D eigenvalue weighted by Crippen LogP contribution is -2.54. The van der Waals surface area contributed by atoms with E-state index in [1.807, 2.05) is 43.9 Å². The van der Waals surface area contributed by atoms with Crippen molar-refractivity contribution in [1.29, 1.82) is 0 Å². The third-order valence-electron chi connectivity index (χ3n) is 4.38. The second-order valence-corrected chi connectivity index (χ2v) is 7.28. The Hall–Kier alpha value is -1.88. The highest BCUT2D eigenvalue weighted by molar-refractivity contribution is 5.94. The Bertz CT molecular complexity index is 543. The molecule has 0 aliphatic carbocycles. The summed E-state index contributed by atoms with van der Waals surface area (Å²) in [5.74, 6) is -0.0490. The number of hydrogen-bond acceptors (Lipinski definition) is 3. The number of amides is 2. The van der Waals surface area contributed by atoms with E-state index >= 15 is 0 Å². The number of piperidine rings is 1. The minimum atomic E-state index is -0.488. The van der Waals surface area contributed by atoms with Crippen molar-refractivity contribution in [3.05, 3.63) is 35.9 Å². The Morgan fingerprint density at radius 3 is 2.26 bits per heavy atom. The van der Waals surface area contributed by atoms with E-state index in [4.69, 9.17) is 5.73 Å². The highest BCUT2D eigenvalue weighted by Crippen LogP contribution is 2.21. The Morgan fingerprint density at radius 1 is 1.17 bits per heavy atom. The topological polar surface area (TPSA) is 75.4 Å². The molecule has 1 aromatic carbocycles. The average Bonchev–Trinajstić information content (AvgIpc) is 2.54. The summed E-state index contributed by atoms with van der Waals surface area (Å²) in [4.78, 5) is 26.4. The number of carbonyl (C=O) groups excluding carboxylic acids is 2. The zero-order valence-electron chi connectivity index (χ0n) is 14.2. The van der Waals surface area contributed by atoms with Gasteiger partial charge in [-0.25, -0.2) is 0 Å². The van der Waals surface area contributed by atoms with Crippen molar-refractivity contribution in [1.82, 2.24) is 10.2 Å². The fourth-order valence-corrected chi connectivity index (χ4v) is 2.67. The third kappa shape index (κ3) is 4.55. The number of nitrogens with one attached hydrogen (secondary N) is 1. The van der Waals surface area contributed by atoms with Crippen molar-refractivity contribution in [2.45, 2.75) is 45.7 Å². The van der Waals surface area contributed by atoms with Gasteiger partial charge in [0.05, 0.1) is 6.04 Å². The van der Waals surface area contributed by atoms with Gasteiger partial charge in [-0.1, -0.05) is 39.0 Å². The third-order valence-corrected chi connectivity index (χ3v) is 4.38. The molecule has 23 heavy (non-hydrogen) atoms. The molecule has 5 nitrogen and oxygen atoms in total. The smallest absolute Gasteiger partial charge is 0.251 e. The monoisotopic (exact) mass is 317 g/mol. The van der Waals surface area contributed by atoms with Crippen LogP contribution in [-0.4, -0.2) is 41.9 Å². The summed E-state index contributed by atoms with van der Waals surface area (Å²) in [6.07, 6.45) is 1.53. The number of benzene rings is 1. The molecule has 1 unspecified atom stereocenters. The van der Waals surface area contributed by atoms with Gasteiger partial charge in [0.25, 0.3) is 5.91 Å². The predicted octanol–water partition coefficient (Wildman–Crippen LogP) is 1.78. The van der Waals surface area contributed by atoms with Crippen LogP contribution in [-0.2, 0) is 4.79 Å². The summed E-state index contributed by atoms with van der Waals surface area (Å²) < 4.78 is 0. The van der Waals surface area contributed by atoms with Crippen molar-refractivity contribution >= 4 is 11.8 Å². The van der Waals surface area contributed by atoms with E-state index in [1.165, 1.54) is 0 Å². The standard InChI is InChI=1S/C18H27N3O2/c1-18(2,3)15(19)17(23)21-11-9-14(10-12-21)20-16(22)13-7-5-4-6-8-13/h4-8,14-15H,9-12,19H2,1-3H3,(H,20,22). The van der Waals surface area contributed by atoms with Crippen molar-refractivity contribution < 1.29 is 9.59 Å². The predicted molar refractivity (Wildman–Crippen MR) is 90.9 cm³/mol. The maximum Gasteiger partial charge on any atom is 0.251 e. The number of likely N-dealkylation sites (tertiary alicyclic amines) is 1. The van der Waals surface area contributed by atoms with E-state index in [9.17, 15) is 9.59 Å². The Kier molecular flexibility index (Phi) is 5.42. The van der Waals surface area contributed by atoms with Crippen LogP contribution in [0.3, 0.4) is 0 Å². The molecule has 1 aromatic rings. The van der Waals surface area contributed by atoms with Gasteiger partial charge < -0.3 is 16.0 Å². The van der Waals surface area contributed by atoms with Crippen LogP contribution in [0.2, 0.25) is 0 Å². The molecule has 1 atom stereocenters. The van der Waals surface area contributed by atoms with Crippen LogP contribution in [0.1, 0.15) is 44.0 Å². The minimum Gasteiger partial charge on any atom is -0.349 e. The number of carbonyl (C=O) groups is 2. The van der Waals surface area contributed by atoms with Gasteiger partial charge in [0, 0.05) is 24.7 Å². The van der Waals surface area contributed by atoms with Crippen molar-refractivity contribution in [2.24, 2.45) is 11.1 Å². The van der Waals surface area contributed by atoms with Gasteiger partial charge in [-0.05, 0) is 30.4 Å². The first kappa shape index (κ1) is 17.5. The van der Waals surface area contributed by atoms with E-state index in [0.29, 0.717) is 18.7 Å². The number of nitrogens with two attached hydrogens (primary N) is 1. The summed E-state index contributed by atoms with van der Waals surface area (Å²) >= 11 is 0. The molecule has 1 aliphatic rings. The maximum absolute atomic E-state index is 12.4. The summed E-state index contributed by atoms with van der Waals surface area (Å²) in [6.45, 7) is 7.21. The lowest BCUT2D eigenvalue weighted by Gasteiger charge is -2.36. The van der Waals surface area contributed by atoms with Gasteiger partial charge in [-0.15, -0.1) is 0 Å². The quantitative estimate of drug-likeness (QED) is 0.892. The summed E-state index contributed by atoms with van der Waals surface area (Å²) in [7, 11) is 0. The molecule has 1 saturated heterocycles. The molecule has 1 aliphatic heterocycles. The lowest BCUT2D eigenvalue weighted by atomic mass is 9.86. The molecule has 3 N–H and O–H groups in total. The van der Waals surface area contributed by atoms with Gasteiger partial charge in [0.15, 0.2) is 0 Å². The summed E-state index contributed by atoms with van der Waals surface area (Å²) in [6, 6.07) is 8.82. The number of hydrogen-bond donors (Lipinski definition) is 2. The summed E-state index contributed by atoms with van der Waals surface area (Å²) in [5.41, 5.74) is 6.48. The molecule has 126 valence electrons. The lowest BCUT2D eigenvalue weighted by molar-refractivity contribution is -0.136. The largest absolute Gasteiger partial charge is 0.349 e. The highest BCUT2D eigenvalue weighted by atomic mass is 16.2. The molecular weight excluding hydrogens is 290 g/mol. The first-order valence-electron chi connectivity index (χ1n) is 8.19. The number of rotatable bonds is 3. The van der Waals surface area contributed by atoms with Crippen LogP contribution in [0.15, 0.2) is 30.3 Å². The van der Waals surface area contributed by atoms with Crippen LogP contribution in [0, 0.1) is 5.41 Å². The van der Waals surface area contributed by atoms with E-state index < -0.39 is 6.04 Å². The van der Waals surface area contributed by atoms with E-state index in [0.717, 1.165) is 12.8 Å². The van der Waals surface area contributed by atoms with Gasteiger partial charge in [-0.2, -0.15) is 0 Å². The molecule has 0 spiro atoms. The van der Waals surface area contributed by atoms with Crippen LogP contribution >= 0.6 is 0 Å². The van der Waals surface area contributed by atoms with Gasteiger partial charge in [-0.3, -0.25) is 9.59 Å². The maximum atomic E-state index is 12.4. The van der Waals surface area contributed by atoms with Gasteiger partial charge in [0.2, 0.25) is 5.91 Å². The molecule has 2 amide bonds. The molecule has 0 radical (unpaired) electrons. The van der Waals surface area contributed by atoms with E-state index in [1.54, 1.807) is 12.1 Å². The highest BCUT2D eigenvalue weighted by Gasteiger charge is 2.33. The Labute approximate surface area is 138 Å². The van der Waals surface area contributed by atoms with Crippen LogP contribution in [0.25, 0.3) is 0 Å². The Morgan fingerprint density at radius 2 is 1.74 bits per heavy atom. The van der Waals surface area contributed by atoms with Crippen LogP contribution in [0.5, 0.6) is 0 Å². The second-order valence-electron chi connectivity index (χ2n) is 7.28. The first-order valence-corrected chi connectivity index (χ1v) is 8.19. The SMILES string of the molecule is CC(C)(C)C(N)C(=O)N1CCC(NC(=O)c2ccccc2)CC1. The average molecular weight is 317 g/mol. The molecule has 0 bridgehead atoms. The van der Waals surface area contributed by atoms with E-state index in [2.05, 4.69) is 5.32 Å². The minimum absolute atomic E-state index is 0.00494. The second kappa shape index (κ2) is 7.13. The zero-order chi connectivity index (χ0) is 17.0. The fraction of sp³-hybridized carbons (Fsp3) is 0.556. The van der Waals surface area contributed by atoms with Gasteiger partial charge in [0.1, 0.15) is 0 Å². The van der Waals surface area contributed by atoms with Crippen LogP contribution < -0.4 is 11.1 Å². The van der Waals surface area contributed by atoms with Crippen LogP contribution in [0.4, 0.5) is 0 Å². The normalized spacial score (nSPS) is 17.7. The van der Waals surface area contributed by atoms with Crippen molar-refractivity contribution in [3.8, 4) is 0 Å². The first-order chi connectivity index (χ1) is 10.8.